The molecule has 0 amide bonds. The van der Waals surface area contributed by atoms with Gasteiger partial charge >= 0.3 is 0 Å². The zero-order chi connectivity index (χ0) is 8.81. The Bertz CT molecular complexity index is 268. The molecule has 0 radical (unpaired) electrons. The molecule has 2 heteroatoms. The van der Waals surface area contributed by atoms with Crippen LogP contribution in [0.2, 0.25) is 0 Å². The molecule has 0 atom stereocenters. The van der Waals surface area contributed by atoms with Gasteiger partial charge in [0.2, 0.25) is 0 Å². The van der Waals surface area contributed by atoms with Crippen LogP contribution in [-0.2, 0) is 6.61 Å². The molecule has 0 aliphatic carbocycles. The lowest BCUT2D eigenvalue weighted by molar-refractivity contribution is 0.281. The average Bonchev–Trinajstić information content (AvgIpc) is 2.15. The summed E-state index contributed by atoms with van der Waals surface area (Å²) >= 11 is 0. The lowest BCUT2D eigenvalue weighted by Crippen LogP contribution is -1.93. The van der Waals surface area contributed by atoms with E-state index in [1.54, 1.807) is 0 Å². The average molecular weight is 163 g/mol. The highest BCUT2D eigenvalue weighted by Gasteiger charge is 1.94. The third-order valence-corrected chi connectivity index (χ3v) is 1.66. The highest BCUT2D eigenvalue weighted by molar-refractivity contribution is 5.53. The van der Waals surface area contributed by atoms with Gasteiger partial charge in [-0.05, 0) is 11.1 Å². The lowest BCUT2D eigenvalue weighted by atomic mass is 10.1. The fourth-order valence-corrected chi connectivity index (χ4v) is 1.04. The summed E-state index contributed by atoms with van der Waals surface area (Å²) in [5.74, 6) is 0. The molecule has 0 saturated carbocycles. The Kier molecular flexibility index (Phi) is 3.51. The molecule has 0 aliphatic heterocycles. The van der Waals surface area contributed by atoms with E-state index in [-0.39, 0.29) is 6.61 Å². The molecule has 1 aromatic carbocycles. The molecular formula is C10H13NO. The van der Waals surface area contributed by atoms with Gasteiger partial charge in [-0.3, -0.25) is 0 Å². The van der Waals surface area contributed by atoms with E-state index in [0.717, 1.165) is 11.1 Å². The van der Waals surface area contributed by atoms with E-state index in [4.69, 9.17) is 10.8 Å². The van der Waals surface area contributed by atoms with E-state index in [1.807, 2.05) is 36.4 Å². The molecule has 0 bridgehead atoms. The number of aliphatic hydroxyl groups excluding tert-OH is 1. The molecule has 0 unspecified atom stereocenters. The molecule has 0 aromatic heterocycles. The van der Waals surface area contributed by atoms with Gasteiger partial charge in [0.1, 0.15) is 0 Å². The monoisotopic (exact) mass is 163 g/mol. The van der Waals surface area contributed by atoms with Crippen molar-refractivity contribution in [1.82, 2.24) is 0 Å². The maximum absolute atomic E-state index is 8.95. The molecular weight excluding hydrogens is 150 g/mol. The first-order chi connectivity index (χ1) is 5.88. The van der Waals surface area contributed by atoms with Gasteiger partial charge in [-0.1, -0.05) is 36.4 Å². The molecule has 0 saturated heterocycles. The van der Waals surface area contributed by atoms with Gasteiger partial charge in [0.15, 0.2) is 0 Å². The summed E-state index contributed by atoms with van der Waals surface area (Å²) in [7, 11) is 0. The Morgan fingerprint density at radius 2 is 2.08 bits per heavy atom. The number of benzene rings is 1. The van der Waals surface area contributed by atoms with Crippen LogP contribution in [0.15, 0.2) is 30.3 Å². The summed E-state index contributed by atoms with van der Waals surface area (Å²) in [6, 6.07) is 7.70. The van der Waals surface area contributed by atoms with Crippen molar-refractivity contribution in [1.29, 1.82) is 0 Å². The fraction of sp³-hybridized carbons (Fsp3) is 0.200. The number of hydrogen-bond acceptors (Lipinski definition) is 2. The topological polar surface area (TPSA) is 46.2 Å². The predicted molar refractivity (Wildman–Crippen MR) is 50.5 cm³/mol. The largest absolute Gasteiger partial charge is 0.392 e. The second-order valence-corrected chi connectivity index (χ2v) is 2.49. The summed E-state index contributed by atoms with van der Waals surface area (Å²) in [4.78, 5) is 0. The molecule has 1 aromatic rings. The van der Waals surface area contributed by atoms with Gasteiger partial charge in [0.25, 0.3) is 0 Å². The maximum atomic E-state index is 8.95. The molecule has 2 nitrogen and oxygen atoms in total. The highest BCUT2D eigenvalue weighted by Crippen LogP contribution is 2.09. The van der Waals surface area contributed by atoms with Gasteiger partial charge in [-0.25, -0.2) is 0 Å². The van der Waals surface area contributed by atoms with Gasteiger partial charge in [0.05, 0.1) is 6.61 Å². The van der Waals surface area contributed by atoms with Crippen LogP contribution in [0.5, 0.6) is 0 Å². The quantitative estimate of drug-likeness (QED) is 0.702. The van der Waals surface area contributed by atoms with Crippen molar-refractivity contribution in [3.63, 3.8) is 0 Å². The minimum atomic E-state index is 0.0745. The zero-order valence-corrected chi connectivity index (χ0v) is 6.90. The van der Waals surface area contributed by atoms with Gasteiger partial charge in [-0.15, -0.1) is 0 Å². The Hall–Kier alpha value is -1.12. The minimum Gasteiger partial charge on any atom is -0.392 e. The van der Waals surface area contributed by atoms with Gasteiger partial charge in [0, 0.05) is 6.54 Å². The third-order valence-electron chi connectivity index (χ3n) is 1.66. The summed E-state index contributed by atoms with van der Waals surface area (Å²) < 4.78 is 0. The van der Waals surface area contributed by atoms with Crippen molar-refractivity contribution in [2.75, 3.05) is 6.54 Å². The van der Waals surface area contributed by atoms with Crippen LogP contribution in [0, 0.1) is 0 Å². The molecule has 1 rings (SSSR count). The van der Waals surface area contributed by atoms with Crippen LogP contribution in [0.1, 0.15) is 11.1 Å². The molecule has 0 heterocycles. The Morgan fingerprint density at radius 3 is 2.75 bits per heavy atom. The minimum absolute atomic E-state index is 0.0745. The van der Waals surface area contributed by atoms with E-state index >= 15 is 0 Å². The third kappa shape index (κ3) is 2.19. The van der Waals surface area contributed by atoms with Crippen LogP contribution < -0.4 is 5.73 Å². The molecule has 0 fully saturated rings. The van der Waals surface area contributed by atoms with E-state index < -0.39 is 0 Å². The van der Waals surface area contributed by atoms with Crippen molar-refractivity contribution in [2.24, 2.45) is 5.73 Å². The van der Waals surface area contributed by atoms with Gasteiger partial charge < -0.3 is 10.8 Å². The van der Waals surface area contributed by atoms with E-state index in [9.17, 15) is 0 Å². The summed E-state index contributed by atoms with van der Waals surface area (Å²) in [6.07, 6.45) is 3.79. The number of hydrogen-bond donors (Lipinski definition) is 2. The van der Waals surface area contributed by atoms with Crippen LogP contribution in [0.3, 0.4) is 0 Å². The van der Waals surface area contributed by atoms with Crippen LogP contribution in [-0.4, -0.2) is 11.7 Å². The van der Waals surface area contributed by atoms with Crippen LogP contribution >= 0.6 is 0 Å². The molecule has 64 valence electrons. The maximum Gasteiger partial charge on any atom is 0.0687 e. The van der Waals surface area contributed by atoms with Crippen LogP contribution in [0.25, 0.3) is 6.08 Å². The number of rotatable bonds is 3. The molecule has 12 heavy (non-hydrogen) atoms. The van der Waals surface area contributed by atoms with Gasteiger partial charge in [-0.2, -0.15) is 0 Å². The first-order valence-corrected chi connectivity index (χ1v) is 3.94. The fourth-order valence-electron chi connectivity index (χ4n) is 1.04. The Labute approximate surface area is 72.3 Å². The second kappa shape index (κ2) is 4.70. The number of aliphatic hydroxyl groups is 1. The van der Waals surface area contributed by atoms with Crippen molar-refractivity contribution < 1.29 is 5.11 Å². The first-order valence-electron chi connectivity index (χ1n) is 3.94. The van der Waals surface area contributed by atoms with Crippen molar-refractivity contribution in [3.8, 4) is 0 Å². The standard InChI is InChI=1S/C10H13NO/c11-7-3-6-9-4-1-2-5-10(9)8-12/h1-6,12H,7-8,11H2. The van der Waals surface area contributed by atoms with E-state index in [2.05, 4.69) is 0 Å². The normalized spacial score (nSPS) is 10.8. The van der Waals surface area contributed by atoms with E-state index in [0.29, 0.717) is 6.54 Å². The number of nitrogens with two attached hydrogens (primary N) is 1. The highest BCUT2D eigenvalue weighted by atomic mass is 16.3. The van der Waals surface area contributed by atoms with Crippen LogP contribution in [0.4, 0.5) is 0 Å². The molecule has 3 N–H and O–H groups in total. The van der Waals surface area contributed by atoms with E-state index in [1.165, 1.54) is 0 Å². The van der Waals surface area contributed by atoms with Crippen molar-refractivity contribution in [2.45, 2.75) is 6.61 Å². The summed E-state index contributed by atoms with van der Waals surface area (Å²) in [5.41, 5.74) is 7.28. The molecule has 0 spiro atoms. The smallest absolute Gasteiger partial charge is 0.0687 e. The first kappa shape index (κ1) is 8.97. The van der Waals surface area contributed by atoms with Crippen molar-refractivity contribution >= 4 is 6.08 Å². The Balaban J connectivity index is 2.89. The second-order valence-electron chi connectivity index (χ2n) is 2.49. The summed E-state index contributed by atoms with van der Waals surface area (Å²) in [5, 5.41) is 8.95. The SMILES string of the molecule is NCC=Cc1ccccc1CO. The predicted octanol–water partition coefficient (Wildman–Crippen LogP) is 1.15. The van der Waals surface area contributed by atoms with Crippen molar-refractivity contribution in [3.05, 3.63) is 41.5 Å². The summed E-state index contributed by atoms with van der Waals surface area (Å²) in [6.45, 7) is 0.602. The lowest BCUT2D eigenvalue weighted by Gasteiger charge is -2.00. The zero-order valence-electron chi connectivity index (χ0n) is 6.90. The molecule has 0 aliphatic rings. The Morgan fingerprint density at radius 1 is 1.33 bits per heavy atom.